The number of hydrogen-bond donors (Lipinski definition) is 1. The first kappa shape index (κ1) is 18.0. The lowest BCUT2D eigenvalue weighted by Gasteiger charge is -2.24. The van der Waals surface area contributed by atoms with Gasteiger partial charge >= 0.3 is 0 Å². The van der Waals surface area contributed by atoms with Crippen LogP contribution in [0.4, 0.5) is 11.4 Å². The Kier molecular flexibility index (Phi) is 4.71. The van der Waals surface area contributed by atoms with Crippen LogP contribution in [0.3, 0.4) is 0 Å². The zero-order valence-corrected chi connectivity index (χ0v) is 15.2. The average Bonchev–Trinajstić information content (AvgIpc) is 2.63. The fourth-order valence-electron chi connectivity index (χ4n) is 2.42. The van der Waals surface area contributed by atoms with Crippen LogP contribution in [0.25, 0.3) is 0 Å². The number of hydrogen-bond acceptors (Lipinski definition) is 5. The number of rotatable bonds is 5. The molecule has 2 N–H and O–H groups in total. The molecule has 0 unspecified atom stereocenters. The Morgan fingerprint density at radius 3 is 1.69 bits per heavy atom. The standard InChI is InChI=1S/C18H16N2O4S2/c19-15-8-7-13-18(14-15)26(23,24)20(16-9-3-1-4-10-16)25(21,22)17-11-5-2-6-12-17/h1-14H,19H2. The van der Waals surface area contributed by atoms with Crippen molar-refractivity contribution in [2.75, 3.05) is 9.44 Å². The van der Waals surface area contributed by atoms with Gasteiger partial charge in [-0.25, -0.2) is 16.8 Å². The molecule has 3 aromatic rings. The van der Waals surface area contributed by atoms with Gasteiger partial charge in [-0.1, -0.05) is 42.5 Å². The first-order valence-corrected chi connectivity index (χ1v) is 10.5. The van der Waals surface area contributed by atoms with E-state index < -0.39 is 20.0 Å². The van der Waals surface area contributed by atoms with E-state index in [0.29, 0.717) is 3.71 Å². The Hall–Kier alpha value is -2.84. The SMILES string of the molecule is Nc1cccc(S(=O)(=O)N(c2ccccc2)S(=O)(=O)c2ccccc2)c1. The molecule has 0 aliphatic heterocycles. The van der Waals surface area contributed by atoms with Gasteiger partial charge in [-0.15, -0.1) is 0 Å². The van der Waals surface area contributed by atoms with Gasteiger partial charge < -0.3 is 5.73 Å². The number of para-hydroxylation sites is 1. The lowest BCUT2D eigenvalue weighted by Crippen LogP contribution is -2.37. The Labute approximate surface area is 152 Å². The lowest BCUT2D eigenvalue weighted by molar-refractivity contribution is 0.584. The molecule has 0 bridgehead atoms. The third-order valence-electron chi connectivity index (χ3n) is 3.60. The van der Waals surface area contributed by atoms with Crippen LogP contribution in [0.2, 0.25) is 0 Å². The summed E-state index contributed by atoms with van der Waals surface area (Å²) < 4.78 is 53.1. The van der Waals surface area contributed by atoms with E-state index in [-0.39, 0.29) is 21.2 Å². The third-order valence-corrected chi connectivity index (χ3v) is 7.79. The molecule has 6 nitrogen and oxygen atoms in total. The second-order valence-electron chi connectivity index (χ2n) is 5.43. The molecule has 0 atom stereocenters. The molecule has 134 valence electrons. The number of benzene rings is 3. The normalized spacial score (nSPS) is 11.8. The second kappa shape index (κ2) is 6.81. The lowest BCUT2D eigenvalue weighted by atomic mass is 10.3. The van der Waals surface area contributed by atoms with Gasteiger partial charge in [0.1, 0.15) is 0 Å². The average molecular weight is 388 g/mol. The van der Waals surface area contributed by atoms with Crippen molar-refractivity contribution in [2.24, 2.45) is 0 Å². The monoisotopic (exact) mass is 388 g/mol. The first-order valence-electron chi connectivity index (χ1n) is 7.60. The van der Waals surface area contributed by atoms with E-state index in [1.807, 2.05) is 0 Å². The van der Waals surface area contributed by atoms with E-state index >= 15 is 0 Å². The predicted octanol–water partition coefficient (Wildman–Crippen LogP) is 2.85. The third kappa shape index (κ3) is 3.29. The number of nitrogens with two attached hydrogens (primary N) is 1. The zero-order valence-electron chi connectivity index (χ0n) is 13.6. The summed E-state index contributed by atoms with van der Waals surface area (Å²) in [7, 11) is -8.79. The molecule has 0 amide bonds. The van der Waals surface area contributed by atoms with Crippen LogP contribution in [0.15, 0.2) is 94.7 Å². The highest BCUT2D eigenvalue weighted by Crippen LogP contribution is 2.31. The summed E-state index contributed by atoms with van der Waals surface area (Å²) >= 11 is 0. The maximum absolute atomic E-state index is 13.2. The Balaban J connectivity index is 2.27. The molecule has 0 heterocycles. The second-order valence-corrected chi connectivity index (χ2v) is 9.23. The van der Waals surface area contributed by atoms with Gasteiger partial charge in [0, 0.05) is 5.69 Å². The summed E-state index contributed by atoms with van der Waals surface area (Å²) in [5, 5.41) is 0. The van der Waals surface area contributed by atoms with E-state index in [0.717, 1.165) is 0 Å². The van der Waals surface area contributed by atoms with Crippen molar-refractivity contribution in [1.29, 1.82) is 0 Å². The molecule has 0 saturated heterocycles. The molecule has 8 heteroatoms. The van der Waals surface area contributed by atoms with Crippen LogP contribution in [0, 0.1) is 0 Å². The molecule has 3 aromatic carbocycles. The molecule has 0 spiro atoms. The van der Waals surface area contributed by atoms with Crippen LogP contribution in [-0.2, 0) is 20.0 Å². The summed E-state index contributed by atoms with van der Waals surface area (Å²) in [6.07, 6.45) is 0. The van der Waals surface area contributed by atoms with Gasteiger partial charge in [-0.2, -0.15) is 3.71 Å². The van der Waals surface area contributed by atoms with Crippen molar-refractivity contribution in [3.8, 4) is 0 Å². The van der Waals surface area contributed by atoms with Crippen LogP contribution in [-0.4, -0.2) is 16.8 Å². The van der Waals surface area contributed by atoms with Crippen molar-refractivity contribution in [1.82, 2.24) is 0 Å². The van der Waals surface area contributed by atoms with Crippen molar-refractivity contribution < 1.29 is 16.8 Å². The van der Waals surface area contributed by atoms with Gasteiger partial charge in [0.05, 0.1) is 15.5 Å². The minimum Gasteiger partial charge on any atom is -0.399 e. The number of nitrogens with zero attached hydrogens (tertiary/aromatic N) is 1. The van der Waals surface area contributed by atoms with Crippen LogP contribution >= 0.6 is 0 Å². The molecular weight excluding hydrogens is 372 g/mol. The summed E-state index contributed by atoms with van der Waals surface area (Å²) in [6, 6.07) is 20.6. The Morgan fingerprint density at radius 2 is 1.12 bits per heavy atom. The van der Waals surface area contributed by atoms with Crippen molar-refractivity contribution in [3.05, 3.63) is 84.9 Å². The number of sulfonamides is 2. The maximum atomic E-state index is 13.2. The topological polar surface area (TPSA) is 97.5 Å². The Morgan fingerprint density at radius 1 is 0.615 bits per heavy atom. The van der Waals surface area contributed by atoms with Gasteiger partial charge in [-0.3, -0.25) is 0 Å². The van der Waals surface area contributed by atoms with E-state index in [4.69, 9.17) is 5.73 Å². The minimum absolute atomic E-state index is 0.0128. The predicted molar refractivity (Wildman–Crippen MR) is 101 cm³/mol. The summed E-state index contributed by atoms with van der Waals surface area (Å²) in [5.74, 6) is 0. The van der Waals surface area contributed by atoms with E-state index in [2.05, 4.69) is 0 Å². The molecule has 0 saturated carbocycles. The van der Waals surface area contributed by atoms with Gasteiger partial charge in [0.15, 0.2) is 0 Å². The fraction of sp³-hybridized carbons (Fsp3) is 0. The van der Waals surface area contributed by atoms with Gasteiger partial charge in [-0.05, 0) is 42.5 Å². The minimum atomic E-state index is -4.42. The van der Waals surface area contributed by atoms with Crippen LogP contribution in [0.5, 0.6) is 0 Å². The van der Waals surface area contributed by atoms with Crippen LogP contribution in [0.1, 0.15) is 0 Å². The largest absolute Gasteiger partial charge is 0.399 e. The molecule has 0 fully saturated rings. The molecule has 3 rings (SSSR count). The first-order chi connectivity index (χ1) is 12.3. The maximum Gasteiger partial charge on any atom is 0.277 e. The summed E-state index contributed by atoms with van der Waals surface area (Å²) in [5.41, 5.74) is 5.91. The number of anilines is 2. The van der Waals surface area contributed by atoms with E-state index in [1.165, 1.54) is 60.7 Å². The van der Waals surface area contributed by atoms with Crippen molar-refractivity contribution in [3.63, 3.8) is 0 Å². The van der Waals surface area contributed by atoms with Crippen LogP contribution < -0.4 is 9.44 Å². The van der Waals surface area contributed by atoms with Gasteiger partial charge in [0.25, 0.3) is 20.0 Å². The van der Waals surface area contributed by atoms with E-state index in [9.17, 15) is 16.8 Å². The fourth-order valence-corrected chi connectivity index (χ4v) is 6.18. The Bertz CT molecular complexity index is 1110. The molecular formula is C18H16N2O4S2. The highest BCUT2D eigenvalue weighted by Gasteiger charge is 2.36. The molecule has 0 aliphatic carbocycles. The zero-order chi connectivity index (χ0) is 18.8. The smallest absolute Gasteiger partial charge is 0.277 e. The quantitative estimate of drug-likeness (QED) is 0.678. The molecule has 0 radical (unpaired) electrons. The molecule has 0 aromatic heterocycles. The van der Waals surface area contributed by atoms with Crippen molar-refractivity contribution >= 4 is 31.4 Å². The number of nitrogen functional groups attached to an aromatic ring is 1. The molecule has 0 aliphatic rings. The summed E-state index contributed by atoms with van der Waals surface area (Å²) in [6.45, 7) is 0. The summed E-state index contributed by atoms with van der Waals surface area (Å²) in [4.78, 5) is -0.336. The molecule has 26 heavy (non-hydrogen) atoms. The van der Waals surface area contributed by atoms with Crippen molar-refractivity contribution in [2.45, 2.75) is 9.79 Å². The van der Waals surface area contributed by atoms with E-state index in [1.54, 1.807) is 24.3 Å². The van der Waals surface area contributed by atoms with Gasteiger partial charge in [0.2, 0.25) is 0 Å². The highest BCUT2D eigenvalue weighted by atomic mass is 32.3. The highest BCUT2D eigenvalue weighted by molar-refractivity contribution is 8.10.